The van der Waals surface area contributed by atoms with Crippen molar-refractivity contribution in [3.63, 3.8) is 0 Å². The lowest BCUT2D eigenvalue weighted by molar-refractivity contribution is 0.0747. The molecule has 0 bridgehead atoms. The number of nitrogens with zero attached hydrogens (tertiary/aromatic N) is 2. The standard InChI is InChI=1S/C30H36N4O2/c1-21(2)26-11-8-12-27(22(3)4)28(26)32-30(36)31-24-13-15-25(16-14-24)33-17-19-34(20-18-33)29(35)23-9-6-5-7-10-23/h5-16,21-22H,17-20H2,1-4H3,(H2,31,32,36). The van der Waals surface area contributed by atoms with Crippen LogP contribution >= 0.6 is 0 Å². The van der Waals surface area contributed by atoms with Crippen LogP contribution in [0.25, 0.3) is 0 Å². The summed E-state index contributed by atoms with van der Waals surface area (Å²) in [5, 5.41) is 6.07. The number of carbonyl (C=O) groups excluding carboxylic acids is 2. The number of benzene rings is 3. The van der Waals surface area contributed by atoms with Crippen molar-refractivity contribution < 1.29 is 9.59 Å². The fourth-order valence-corrected chi connectivity index (χ4v) is 4.66. The van der Waals surface area contributed by atoms with Crippen LogP contribution in [-0.4, -0.2) is 43.0 Å². The lowest BCUT2D eigenvalue weighted by Crippen LogP contribution is -2.48. The highest BCUT2D eigenvalue weighted by atomic mass is 16.2. The Morgan fingerprint density at radius 1 is 0.694 bits per heavy atom. The zero-order chi connectivity index (χ0) is 25.7. The Balaban J connectivity index is 1.35. The summed E-state index contributed by atoms with van der Waals surface area (Å²) in [5.41, 5.74) is 5.73. The van der Waals surface area contributed by atoms with Crippen LogP contribution in [0, 0.1) is 0 Å². The number of carbonyl (C=O) groups is 2. The minimum absolute atomic E-state index is 0.0838. The lowest BCUT2D eigenvalue weighted by atomic mass is 9.93. The predicted octanol–water partition coefficient (Wildman–Crippen LogP) is 6.54. The first-order valence-corrected chi connectivity index (χ1v) is 12.7. The fourth-order valence-electron chi connectivity index (χ4n) is 4.66. The van der Waals surface area contributed by atoms with Gasteiger partial charge in [0.1, 0.15) is 0 Å². The molecule has 1 aliphatic rings. The van der Waals surface area contributed by atoms with Crippen LogP contribution in [0.2, 0.25) is 0 Å². The summed E-state index contributed by atoms with van der Waals surface area (Å²) in [5.74, 6) is 0.698. The topological polar surface area (TPSA) is 64.7 Å². The van der Waals surface area contributed by atoms with E-state index < -0.39 is 0 Å². The van der Waals surface area contributed by atoms with Crippen LogP contribution in [-0.2, 0) is 0 Å². The molecule has 3 aromatic rings. The molecule has 3 amide bonds. The number of hydrogen-bond donors (Lipinski definition) is 2. The number of urea groups is 1. The summed E-state index contributed by atoms with van der Waals surface area (Å²) in [6, 6.07) is 23.3. The Kier molecular flexibility index (Phi) is 7.93. The second-order valence-electron chi connectivity index (χ2n) is 9.89. The third-order valence-corrected chi connectivity index (χ3v) is 6.69. The van der Waals surface area contributed by atoms with E-state index in [1.165, 1.54) is 0 Å². The maximum absolute atomic E-state index is 12.9. The van der Waals surface area contributed by atoms with E-state index in [2.05, 4.69) is 61.4 Å². The summed E-state index contributed by atoms with van der Waals surface area (Å²) in [7, 11) is 0. The van der Waals surface area contributed by atoms with Crippen LogP contribution in [0.5, 0.6) is 0 Å². The van der Waals surface area contributed by atoms with Crippen molar-refractivity contribution in [1.29, 1.82) is 0 Å². The van der Waals surface area contributed by atoms with Gasteiger partial charge >= 0.3 is 6.03 Å². The Bertz CT molecular complexity index is 1160. The van der Waals surface area contributed by atoms with Gasteiger partial charge in [-0.2, -0.15) is 0 Å². The van der Waals surface area contributed by atoms with Gasteiger partial charge in [0.25, 0.3) is 5.91 Å². The molecule has 6 nitrogen and oxygen atoms in total. The molecule has 0 radical (unpaired) electrons. The van der Waals surface area contributed by atoms with Crippen molar-refractivity contribution in [1.82, 2.24) is 4.90 Å². The maximum Gasteiger partial charge on any atom is 0.323 e. The van der Waals surface area contributed by atoms with E-state index in [4.69, 9.17) is 0 Å². The van der Waals surface area contributed by atoms with E-state index >= 15 is 0 Å². The third-order valence-electron chi connectivity index (χ3n) is 6.69. The Labute approximate surface area is 214 Å². The Morgan fingerprint density at radius 3 is 1.83 bits per heavy atom. The van der Waals surface area contributed by atoms with Gasteiger partial charge in [-0.3, -0.25) is 4.79 Å². The van der Waals surface area contributed by atoms with Crippen LogP contribution in [0.3, 0.4) is 0 Å². The van der Waals surface area contributed by atoms with Crippen molar-refractivity contribution in [2.75, 3.05) is 41.7 Å². The molecule has 1 heterocycles. The van der Waals surface area contributed by atoms with Crippen LogP contribution in [0.1, 0.15) is 61.0 Å². The molecule has 4 rings (SSSR count). The minimum atomic E-state index is -0.245. The van der Waals surface area contributed by atoms with Gasteiger partial charge in [0, 0.05) is 48.8 Å². The van der Waals surface area contributed by atoms with Crippen LogP contribution in [0.15, 0.2) is 72.8 Å². The van der Waals surface area contributed by atoms with Gasteiger partial charge < -0.3 is 20.4 Å². The number of piperazine rings is 1. The second kappa shape index (κ2) is 11.3. The van der Waals surface area contributed by atoms with Gasteiger partial charge in [-0.25, -0.2) is 4.79 Å². The molecule has 188 valence electrons. The van der Waals surface area contributed by atoms with E-state index in [0.717, 1.165) is 46.8 Å². The van der Waals surface area contributed by atoms with Crippen molar-refractivity contribution >= 4 is 29.0 Å². The first-order chi connectivity index (χ1) is 17.3. The predicted molar refractivity (Wildman–Crippen MR) is 148 cm³/mol. The second-order valence-corrected chi connectivity index (χ2v) is 9.89. The fraction of sp³-hybridized carbons (Fsp3) is 0.333. The van der Waals surface area contributed by atoms with Crippen LogP contribution in [0.4, 0.5) is 21.9 Å². The lowest BCUT2D eigenvalue weighted by Gasteiger charge is -2.36. The molecule has 2 N–H and O–H groups in total. The van der Waals surface area contributed by atoms with Crippen molar-refractivity contribution in [2.45, 2.75) is 39.5 Å². The number of rotatable bonds is 6. The highest BCUT2D eigenvalue weighted by molar-refractivity contribution is 6.01. The first-order valence-electron chi connectivity index (χ1n) is 12.7. The molecule has 6 heteroatoms. The molecule has 1 fully saturated rings. The van der Waals surface area contributed by atoms with Crippen molar-refractivity contribution in [2.24, 2.45) is 0 Å². The summed E-state index contributed by atoms with van der Waals surface area (Å²) < 4.78 is 0. The summed E-state index contributed by atoms with van der Waals surface area (Å²) >= 11 is 0. The van der Waals surface area contributed by atoms with Gasteiger partial charge in [-0.1, -0.05) is 64.1 Å². The summed E-state index contributed by atoms with van der Waals surface area (Å²) in [6.45, 7) is 11.5. The maximum atomic E-state index is 12.9. The number of hydrogen-bond acceptors (Lipinski definition) is 3. The number of para-hydroxylation sites is 1. The van der Waals surface area contributed by atoms with Crippen molar-refractivity contribution in [3.05, 3.63) is 89.5 Å². The molecule has 3 aromatic carbocycles. The van der Waals surface area contributed by atoms with Gasteiger partial charge in [0.2, 0.25) is 0 Å². The van der Waals surface area contributed by atoms with E-state index in [1.54, 1.807) is 0 Å². The normalized spacial score (nSPS) is 13.7. The molecule has 0 aliphatic carbocycles. The van der Waals surface area contributed by atoms with Gasteiger partial charge in [-0.05, 0) is 59.4 Å². The van der Waals surface area contributed by atoms with Crippen molar-refractivity contribution in [3.8, 4) is 0 Å². The summed E-state index contributed by atoms with van der Waals surface area (Å²) in [6.07, 6.45) is 0. The van der Waals surface area contributed by atoms with E-state index in [1.807, 2.05) is 59.5 Å². The SMILES string of the molecule is CC(C)c1cccc(C(C)C)c1NC(=O)Nc1ccc(N2CCN(C(=O)c3ccccc3)CC2)cc1. The molecular weight excluding hydrogens is 448 g/mol. The molecule has 1 saturated heterocycles. The van der Waals surface area contributed by atoms with Gasteiger partial charge in [-0.15, -0.1) is 0 Å². The van der Waals surface area contributed by atoms with E-state index in [-0.39, 0.29) is 11.9 Å². The molecular formula is C30H36N4O2. The monoisotopic (exact) mass is 484 g/mol. The third kappa shape index (κ3) is 5.88. The average Bonchev–Trinajstić information content (AvgIpc) is 2.89. The molecule has 1 aliphatic heterocycles. The zero-order valence-corrected chi connectivity index (χ0v) is 21.6. The molecule has 0 atom stereocenters. The Hall–Kier alpha value is -3.80. The van der Waals surface area contributed by atoms with Crippen LogP contribution < -0.4 is 15.5 Å². The molecule has 36 heavy (non-hydrogen) atoms. The molecule has 0 unspecified atom stereocenters. The highest BCUT2D eigenvalue weighted by Crippen LogP contribution is 2.32. The quantitative estimate of drug-likeness (QED) is 0.418. The molecule has 0 saturated carbocycles. The Morgan fingerprint density at radius 2 is 1.28 bits per heavy atom. The highest BCUT2D eigenvalue weighted by Gasteiger charge is 2.22. The number of amides is 3. The van der Waals surface area contributed by atoms with E-state index in [0.29, 0.717) is 24.9 Å². The molecule has 0 aromatic heterocycles. The first kappa shape index (κ1) is 25.3. The smallest absolute Gasteiger partial charge is 0.323 e. The largest absolute Gasteiger partial charge is 0.368 e. The van der Waals surface area contributed by atoms with Gasteiger partial charge in [0.15, 0.2) is 0 Å². The number of nitrogens with one attached hydrogen (secondary N) is 2. The van der Waals surface area contributed by atoms with Gasteiger partial charge in [0.05, 0.1) is 0 Å². The van der Waals surface area contributed by atoms with E-state index in [9.17, 15) is 9.59 Å². The molecule has 0 spiro atoms. The minimum Gasteiger partial charge on any atom is -0.368 e. The average molecular weight is 485 g/mol. The number of anilines is 3. The summed E-state index contributed by atoms with van der Waals surface area (Å²) in [4.78, 5) is 29.7. The zero-order valence-electron chi connectivity index (χ0n) is 21.6.